The fraction of sp³-hybridized carbons (Fsp3) is 0.538. The Bertz CT molecular complexity index is 389. The van der Waals surface area contributed by atoms with Crippen molar-refractivity contribution in [2.24, 2.45) is 11.8 Å². The number of hydrogen-bond acceptors (Lipinski definition) is 3. The van der Waals surface area contributed by atoms with Crippen LogP contribution in [0.4, 0.5) is 5.82 Å². The lowest BCUT2D eigenvalue weighted by atomic mass is 9.96. The Balaban J connectivity index is 1.94. The predicted molar refractivity (Wildman–Crippen MR) is 63.9 cm³/mol. The molecule has 1 saturated carbocycles. The molecule has 0 bridgehead atoms. The first-order valence-electron chi connectivity index (χ1n) is 5.86. The zero-order valence-electron chi connectivity index (χ0n) is 9.65. The number of anilines is 1. The van der Waals surface area contributed by atoms with E-state index in [4.69, 9.17) is 5.73 Å². The maximum atomic E-state index is 11.3. The number of nitrogens with zero attached hydrogens (tertiary/aromatic N) is 1. The number of pyridine rings is 1. The normalized spacial score (nSPS) is 24.6. The van der Waals surface area contributed by atoms with Gasteiger partial charge in [-0.3, -0.25) is 4.79 Å². The number of carbonyl (C=O) groups is 1. The molecular formula is C13H18N2O. The van der Waals surface area contributed by atoms with Gasteiger partial charge in [-0.15, -0.1) is 0 Å². The molecule has 0 radical (unpaired) electrons. The summed E-state index contributed by atoms with van der Waals surface area (Å²) in [5.74, 6) is 1.86. The zero-order chi connectivity index (χ0) is 11.5. The summed E-state index contributed by atoms with van der Waals surface area (Å²) in [6.45, 7) is 1.71. The van der Waals surface area contributed by atoms with E-state index in [1.54, 1.807) is 13.1 Å². The van der Waals surface area contributed by atoms with Crippen molar-refractivity contribution in [3.63, 3.8) is 0 Å². The topological polar surface area (TPSA) is 56.0 Å². The van der Waals surface area contributed by atoms with Crippen LogP contribution in [-0.2, 0) is 11.2 Å². The van der Waals surface area contributed by atoms with Crippen LogP contribution < -0.4 is 5.73 Å². The molecule has 0 aliphatic heterocycles. The minimum Gasteiger partial charge on any atom is -0.384 e. The SMILES string of the molecule is CC(=O)[C@@H]1CC[C@@H](Cc2ccnc(N)c2)C1. The lowest BCUT2D eigenvalue weighted by Crippen LogP contribution is -2.07. The third kappa shape index (κ3) is 2.60. The van der Waals surface area contributed by atoms with Gasteiger partial charge in [0.1, 0.15) is 11.6 Å². The van der Waals surface area contributed by atoms with Gasteiger partial charge in [0.05, 0.1) is 0 Å². The van der Waals surface area contributed by atoms with Crippen molar-refractivity contribution < 1.29 is 4.79 Å². The van der Waals surface area contributed by atoms with E-state index in [1.807, 2.05) is 12.1 Å². The first-order chi connectivity index (χ1) is 7.65. The summed E-state index contributed by atoms with van der Waals surface area (Å²) < 4.78 is 0. The minimum atomic E-state index is 0.296. The van der Waals surface area contributed by atoms with Gasteiger partial charge in [-0.1, -0.05) is 0 Å². The van der Waals surface area contributed by atoms with Gasteiger partial charge in [0, 0.05) is 12.1 Å². The molecule has 1 fully saturated rings. The maximum absolute atomic E-state index is 11.3. The molecule has 1 aromatic rings. The second kappa shape index (κ2) is 4.64. The van der Waals surface area contributed by atoms with Crippen molar-refractivity contribution in [1.82, 2.24) is 4.98 Å². The van der Waals surface area contributed by atoms with Gasteiger partial charge in [0.2, 0.25) is 0 Å². The van der Waals surface area contributed by atoms with E-state index < -0.39 is 0 Å². The number of Topliss-reactive ketones (excluding diaryl/α,β-unsaturated/α-hetero) is 1. The van der Waals surface area contributed by atoms with Crippen LogP contribution in [-0.4, -0.2) is 10.8 Å². The van der Waals surface area contributed by atoms with Gasteiger partial charge >= 0.3 is 0 Å². The van der Waals surface area contributed by atoms with Crippen molar-refractivity contribution in [2.45, 2.75) is 32.6 Å². The Labute approximate surface area is 96.1 Å². The number of nitrogen functional groups attached to an aromatic ring is 1. The summed E-state index contributed by atoms with van der Waals surface area (Å²) in [5.41, 5.74) is 6.88. The molecule has 0 amide bonds. The van der Waals surface area contributed by atoms with E-state index in [2.05, 4.69) is 4.98 Å². The van der Waals surface area contributed by atoms with Gasteiger partial charge in [0.15, 0.2) is 0 Å². The van der Waals surface area contributed by atoms with Crippen molar-refractivity contribution in [3.05, 3.63) is 23.9 Å². The maximum Gasteiger partial charge on any atom is 0.132 e. The number of rotatable bonds is 3. The Kier molecular flexibility index (Phi) is 3.22. The highest BCUT2D eigenvalue weighted by Crippen LogP contribution is 2.33. The summed E-state index contributed by atoms with van der Waals surface area (Å²) in [7, 11) is 0. The largest absolute Gasteiger partial charge is 0.384 e. The molecule has 86 valence electrons. The molecule has 3 nitrogen and oxygen atoms in total. The Morgan fingerprint density at radius 2 is 2.38 bits per heavy atom. The number of aromatic nitrogens is 1. The molecule has 0 unspecified atom stereocenters. The number of nitrogens with two attached hydrogens (primary N) is 1. The van der Waals surface area contributed by atoms with Gasteiger partial charge in [-0.2, -0.15) is 0 Å². The summed E-state index contributed by atoms with van der Waals surface area (Å²) in [6, 6.07) is 3.94. The second-order valence-electron chi connectivity index (χ2n) is 4.78. The third-order valence-corrected chi connectivity index (χ3v) is 3.49. The first kappa shape index (κ1) is 11.1. The van der Waals surface area contributed by atoms with E-state index in [0.29, 0.717) is 23.4 Å². The monoisotopic (exact) mass is 218 g/mol. The Morgan fingerprint density at radius 3 is 3.00 bits per heavy atom. The number of carbonyl (C=O) groups excluding carboxylic acids is 1. The van der Waals surface area contributed by atoms with Gasteiger partial charge in [-0.25, -0.2) is 4.98 Å². The van der Waals surface area contributed by atoms with Gasteiger partial charge in [-0.05, 0) is 56.2 Å². The molecule has 1 aliphatic carbocycles. The molecule has 0 spiro atoms. The van der Waals surface area contributed by atoms with Crippen LogP contribution in [0.15, 0.2) is 18.3 Å². The van der Waals surface area contributed by atoms with Crippen LogP contribution in [0.5, 0.6) is 0 Å². The molecule has 2 atom stereocenters. The highest BCUT2D eigenvalue weighted by atomic mass is 16.1. The van der Waals surface area contributed by atoms with Gasteiger partial charge < -0.3 is 5.73 Å². The lowest BCUT2D eigenvalue weighted by Gasteiger charge is -2.09. The van der Waals surface area contributed by atoms with Crippen LogP contribution in [0.1, 0.15) is 31.7 Å². The van der Waals surface area contributed by atoms with Crippen molar-refractivity contribution in [1.29, 1.82) is 0 Å². The summed E-state index contributed by atoms with van der Waals surface area (Å²) in [5, 5.41) is 0. The number of ketones is 1. The van der Waals surface area contributed by atoms with Crippen LogP contribution in [0, 0.1) is 11.8 Å². The standard InChI is InChI=1S/C13H18N2O/c1-9(16)12-3-2-10(7-12)6-11-4-5-15-13(14)8-11/h4-5,8,10,12H,2-3,6-7H2,1H3,(H2,14,15)/t10-,12+/m0/s1. The summed E-state index contributed by atoms with van der Waals surface area (Å²) >= 11 is 0. The highest BCUT2D eigenvalue weighted by molar-refractivity contribution is 5.78. The minimum absolute atomic E-state index is 0.296. The molecule has 2 rings (SSSR count). The number of hydrogen-bond donors (Lipinski definition) is 1. The van der Waals surface area contributed by atoms with Crippen LogP contribution in [0.25, 0.3) is 0 Å². The van der Waals surface area contributed by atoms with E-state index in [9.17, 15) is 4.79 Å². The average Bonchev–Trinajstić information content (AvgIpc) is 2.66. The molecule has 2 N–H and O–H groups in total. The lowest BCUT2D eigenvalue weighted by molar-refractivity contribution is -0.120. The fourth-order valence-corrected chi connectivity index (χ4v) is 2.58. The van der Waals surface area contributed by atoms with E-state index in [1.165, 1.54) is 5.56 Å². The van der Waals surface area contributed by atoms with Gasteiger partial charge in [0.25, 0.3) is 0 Å². The third-order valence-electron chi connectivity index (χ3n) is 3.49. The quantitative estimate of drug-likeness (QED) is 0.846. The summed E-state index contributed by atoms with van der Waals surface area (Å²) in [6.07, 6.45) is 6.03. The predicted octanol–water partition coefficient (Wildman–Crippen LogP) is 2.21. The second-order valence-corrected chi connectivity index (χ2v) is 4.78. The molecule has 0 aromatic carbocycles. The molecular weight excluding hydrogens is 200 g/mol. The zero-order valence-corrected chi connectivity index (χ0v) is 9.65. The molecule has 16 heavy (non-hydrogen) atoms. The van der Waals surface area contributed by atoms with Crippen molar-refractivity contribution >= 4 is 11.6 Å². The van der Waals surface area contributed by atoms with E-state index >= 15 is 0 Å². The fourth-order valence-electron chi connectivity index (χ4n) is 2.58. The Morgan fingerprint density at radius 1 is 1.56 bits per heavy atom. The average molecular weight is 218 g/mol. The van der Waals surface area contributed by atoms with Crippen LogP contribution in [0.3, 0.4) is 0 Å². The highest BCUT2D eigenvalue weighted by Gasteiger charge is 2.27. The molecule has 0 saturated heterocycles. The van der Waals surface area contributed by atoms with Crippen molar-refractivity contribution in [3.8, 4) is 0 Å². The molecule has 1 aliphatic rings. The molecule has 3 heteroatoms. The van der Waals surface area contributed by atoms with Crippen LogP contribution in [0.2, 0.25) is 0 Å². The van der Waals surface area contributed by atoms with E-state index in [0.717, 1.165) is 25.7 Å². The smallest absolute Gasteiger partial charge is 0.132 e. The molecule has 1 heterocycles. The molecule has 1 aromatic heterocycles. The van der Waals surface area contributed by atoms with E-state index in [-0.39, 0.29) is 0 Å². The first-order valence-corrected chi connectivity index (χ1v) is 5.86. The summed E-state index contributed by atoms with van der Waals surface area (Å²) in [4.78, 5) is 15.2. The van der Waals surface area contributed by atoms with Crippen LogP contribution >= 0.6 is 0 Å². The Hall–Kier alpha value is -1.38. The van der Waals surface area contributed by atoms with Crippen molar-refractivity contribution in [2.75, 3.05) is 5.73 Å².